The van der Waals surface area contributed by atoms with Crippen molar-refractivity contribution in [1.82, 2.24) is 10.3 Å². The molecule has 20 heavy (non-hydrogen) atoms. The number of nitrogens with zero attached hydrogens (tertiary/aromatic N) is 1. The first-order chi connectivity index (χ1) is 9.58. The third-order valence-corrected chi connectivity index (χ3v) is 3.12. The molecule has 1 N–H and O–H groups in total. The third kappa shape index (κ3) is 3.41. The van der Waals surface area contributed by atoms with Crippen LogP contribution in [0.4, 0.5) is 4.39 Å². The number of benzene rings is 1. The molecule has 1 aromatic carbocycles. The van der Waals surface area contributed by atoms with Crippen LogP contribution < -0.4 is 5.32 Å². The van der Waals surface area contributed by atoms with Crippen LogP contribution in [0.2, 0.25) is 0 Å². The summed E-state index contributed by atoms with van der Waals surface area (Å²) in [6.07, 6.45) is 3.16. The summed E-state index contributed by atoms with van der Waals surface area (Å²) in [4.78, 5) is 16.1. The van der Waals surface area contributed by atoms with Gasteiger partial charge in [-0.25, -0.2) is 4.39 Å². The minimum Gasteiger partial charge on any atom is -0.345 e. The highest BCUT2D eigenvalue weighted by molar-refractivity contribution is 5.94. The summed E-state index contributed by atoms with van der Waals surface area (Å²) in [5.41, 5.74) is 1.46. The summed E-state index contributed by atoms with van der Waals surface area (Å²) in [7, 11) is 0. The van der Waals surface area contributed by atoms with Crippen molar-refractivity contribution in [2.24, 2.45) is 5.92 Å². The Kier molecular flexibility index (Phi) is 4.45. The quantitative estimate of drug-likeness (QED) is 0.927. The van der Waals surface area contributed by atoms with E-state index in [1.165, 1.54) is 12.1 Å². The zero-order valence-corrected chi connectivity index (χ0v) is 11.5. The Bertz CT molecular complexity index is 567. The van der Waals surface area contributed by atoms with Gasteiger partial charge in [0, 0.05) is 18.0 Å². The second kappa shape index (κ2) is 6.28. The summed E-state index contributed by atoms with van der Waals surface area (Å²) in [5, 5.41) is 2.98. The predicted molar refractivity (Wildman–Crippen MR) is 75.7 cm³/mol. The maximum atomic E-state index is 13.0. The molecule has 0 spiro atoms. The van der Waals surface area contributed by atoms with E-state index in [1.54, 1.807) is 36.7 Å². The minimum atomic E-state index is -0.281. The monoisotopic (exact) mass is 272 g/mol. The number of hydrogen-bond acceptors (Lipinski definition) is 2. The molecule has 0 aliphatic heterocycles. The molecular weight excluding hydrogens is 255 g/mol. The molecule has 0 bridgehead atoms. The van der Waals surface area contributed by atoms with Gasteiger partial charge in [-0.1, -0.05) is 26.0 Å². The molecule has 104 valence electrons. The van der Waals surface area contributed by atoms with Crippen LogP contribution in [0.15, 0.2) is 48.8 Å². The van der Waals surface area contributed by atoms with Crippen molar-refractivity contribution >= 4 is 5.91 Å². The Morgan fingerprint density at radius 3 is 2.25 bits per heavy atom. The van der Waals surface area contributed by atoms with Crippen LogP contribution in [0.5, 0.6) is 0 Å². The molecule has 1 amide bonds. The minimum absolute atomic E-state index is 0.156. The molecule has 0 aliphatic rings. The van der Waals surface area contributed by atoms with E-state index in [0.717, 1.165) is 5.56 Å². The first-order valence-corrected chi connectivity index (χ1v) is 6.54. The topological polar surface area (TPSA) is 42.0 Å². The largest absolute Gasteiger partial charge is 0.345 e. The SMILES string of the molecule is CC(C)[C@@H](NC(=O)c1ccncc1)c1ccc(F)cc1. The molecule has 1 heterocycles. The molecule has 4 heteroatoms. The Morgan fingerprint density at radius 1 is 1.10 bits per heavy atom. The van der Waals surface area contributed by atoms with Crippen molar-refractivity contribution in [1.29, 1.82) is 0 Å². The number of pyridine rings is 1. The fraction of sp³-hybridized carbons (Fsp3) is 0.250. The molecule has 0 aliphatic carbocycles. The van der Waals surface area contributed by atoms with E-state index in [1.807, 2.05) is 13.8 Å². The fourth-order valence-corrected chi connectivity index (χ4v) is 2.03. The van der Waals surface area contributed by atoms with E-state index in [-0.39, 0.29) is 23.7 Å². The van der Waals surface area contributed by atoms with Crippen molar-refractivity contribution in [3.63, 3.8) is 0 Å². The first-order valence-electron chi connectivity index (χ1n) is 6.54. The van der Waals surface area contributed by atoms with E-state index in [0.29, 0.717) is 5.56 Å². The zero-order chi connectivity index (χ0) is 14.5. The molecule has 1 atom stereocenters. The van der Waals surface area contributed by atoms with Gasteiger partial charge < -0.3 is 5.32 Å². The van der Waals surface area contributed by atoms with Gasteiger partial charge in [-0.3, -0.25) is 9.78 Å². The Morgan fingerprint density at radius 2 is 1.70 bits per heavy atom. The lowest BCUT2D eigenvalue weighted by atomic mass is 9.95. The number of carbonyl (C=O) groups excluding carboxylic acids is 1. The van der Waals surface area contributed by atoms with Gasteiger partial charge in [-0.2, -0.15) is 0 Å². The summed E-state index contributed by atoms with van der Waals surface area (Å²) in [6.45, 7) is 4.03. The molecule has 0 saturated heterocycles. The van der Waals surface area contributed by atoms with Gasteiger partial charge in [0.25, 0.3) is 5.91 Å². The second-order valence-electron chi connectivity index (χ2n) is 4.98. The van der Waals surface area contributed by atoms with Crippen molar-refractivity contribution in [3.05, 3.63) is 65.7 Å². The molecule has 0 fully saturated rings. The number of hydrogen-bond donors (Lipinski definition) is 1. The Hall–Kier alpha value is -2.23. The standard InChI is InChI=1S/C16H17FN2O/c1-11(2)15(12-3-5-14(17)6-4-12)19-16(20)13-7-9-18-10-8-13/h3-11,15H,1-2H3,(H,19,20)/t15-/m1/s1. The van der Waals surface area contributed by atoms with Crippen LogP contribution in [0.3, 0.4) is 0 Å². The average molecular weight is 272 g/mol. The van der Waals surface area contributed by atoms with E-state index in [4.69, 9.17) is 0 Å². The summed E-state index contributed by atoms with van der Waals surface area (Å²) in [6, 6.07) is 9.39. The third-order valence-electron chi connectivity index (χ3n) is 3.12. The molecule has 2 rings (SSSR count). The van der Waals surface area contributed by atoms with E-state index in [2.05, 4.69) is 10.3 Å². The number of aromatic nitrogens is 1. The van der Waals surface area contributed by atoms with Gasteiger partial charge in [-0.15, -0.1) is 0 Å². The van der Waals surface area contributed by atoms with Crippen LogP contribution in [0.25, 0.3) is 0 Å². The lowest BCUT2D eigenvalue weighted by Gasteiger charge is -2.23. The summed E-state index contributed by atoms with van der Waals surface area (Å²) < 4.78 is 13.0. The molecule has 2 aromatic rings. The average Bonchev–Trinajstić information content (AvgIpc) is 2.46. The molecule has 3 nitrogen and oxygen atoms in total. The van der Waals surface area contributed by atoms with Gasteiger partial charge >= 0.3 is 0 Å². The Balaban J connectivity index is 2.18. The van der Waals surface area contributed by atoms with Gasteiger partial charge in [-0.05, 0) is 35.7 Å². The molecule has 0 unspecified atom stereocenters. The van der Waals surface area contributed by atoms with Crippen molar-refractivity contribution < 1.29 is 9.18 Å². The van der Waals surface area contributed by atoms with Crippen molar-refractivity contribution in [2.75, 3.05) is 0 Å². The second-order valence-corrected chi connectivity index (χ2v) is 4.98. The number of halogens is 1. The predicted octanol–water partition coefficient (Wildman–Crippen LogP) is 3.35. The maximum Gasteiger partial charge on any atom is 0.251 e. The number of nitrogens with one attached hydrogen (secondary N) is 1. The fourth-order valence-electron chi connectivity index (χ4n) is 2.03. The van der Waals surface area contributed by atoms with E-state index >= 15 is 0 Å². The lowest BCUT2D eigenvalue weighted by molar-refractivity contribution is 0.0925. The first kappa shape index (κ1) is 14.2. The number of carbonyl (C=O) groups is 1. The molecular formula is C16H17FN2O. The molecule has 0 saturated carbocycles. The van der Waals surface area contributed by atoms with Crippen LogP contribution in [-0.4, -0.2) is 10.9 Å². The summed E-state index contributed by atoms with van der Waals surface area (Å²) in [5.74, 6) is -0.238. The van der Waals surface area contributed by atoms with Gasteiger partial charge in [0.15, 0.2) is 0 Å². The van der Waals surface area contributed by atoms with Crippen LogP contribution >= 0.6 is 0 Å². The highest BCUT2D eigenvalue weighted by Gasteiger charge is 2.19. The van der Waals surface area contributed by atoms with Crippen LogP contribution in [0.1, 0.15) is 35.8 Å². The van der Waals surface area contributed by atoms with Crippen LogP contribution in [-0.2, 0) is 0 Å². The number of amides is 1. The highest BCUT2D eigenvalue weighted by atomic mass is 19.1. The highest BCUT2D eigenvalue weighted by Crippen LogP contribution is 2.22. The van der Waals surface area contributed by atoms with Gasteiger partial charge in [0.05, 0.1) is 6.04 Å². The maximum absolute atomic E-state index is 13.0. The van der Waals surface area contributed by atoms with E-state index in [9.17, 15) is 9.18 Å². The summed E-state index contributed by atoms with van der Waals surface area (Å²) >= 11 is 0. The number of rotatable bonds is 4. The van der Waals surface area contributed by atoms with Crippen molar-refractivity contribution in [2.45, 2.75) is 19.9 Å². The lowest BCUT2D eigenvalue weighted by Crippen LogP contribution is -2.31. The Labute approximate surface area is 117 Å². The zero-order valence-electron chi connectivity index (χ0n) is 11.5. The smallest absolute Gasteiger partial charge is 0.251 e. The van der Waals surface area contributed by atoms with Crippen molar-refractivity contribution in [3.8, 4) is 0 Å². The normalized spacial score (nSPS) is 12.2. The van der Waals surface area contributed by atoms with Gasteiger partial charge in [0.1, 0.15) is 5.82 Å². The molecule has 1 aromatic heterocycles. The molecule has 0 radical (unpaired) electrons. The van der Waals surface area contributed by atoms with Crippen LogP contribution in [0, 0.1) is 11.7 Å². The van der Waals surface area contributed by atoms with Gasteiger partial charge in [0.2, 0.25) is 0 Å². The van der Waals surface area contributed by atoms with E-state index < -0.39 is 0 Å².